The third-order valence-corrected chi connectivity index (χ3v) is 7.56. The summed E-state index contributed by atoms with van der Waals surface area (Å²) in [6.07, 6.45) is -13.7. The van der Waals surface area contributed by atoms with Gasteiger partial charge in [0.1, 0.15) is 12.2 Å². The lowest BCUT2D eigenvalue weighted by molar-refractivity contribution is -0.288. The molecule has 246 valence electrons. The fourth-order valence-electron chi connectivity index (χ4n) is 5.40. The first-order valence-corrected chi connectivity index (χ1v) is 13.2. The maximum atomic E-state index is 13.6. The monoisotopic (exact) mass is 652 g/mol. The number of esters is 4. The van der Waals surface area contributed by atoms with Crippen molar-refractivity contribution in [2.24, 2.45) is 5.92 Å². The van der Waals surface area contributed by atoms with E-state index in [1.807, 2.05) is 0 Å². The Morgan fingerprint density at radius 1 is 0.848 bits per heavy atom. The molecule has 8 atom stereocenters. The molecule has 5 rings (SSSR count). The molecule has 2 aromatic rings. The van der Waals surface area contributed by atoms with Crippen LogP contribution in [0.2, 0.25) is 0 Å². The molecule has 19 nitrogen and oxygen atoms in total. The molecule has 9 N–H and O–H groups in total. The molecule has 0 spiro atoms. The van der Waals surface area contributed by atoms with Crippen molar-refractivity contribution in [2.75, 3.05) is 6.61 Å². The quantitative estimate of drug-likeness (QED) is 0.0733. The first-order chi connectivity index (χ1) is 21.6. The number of carbonyl (C=O) groups excluding carboxylic acids is 4. The lowest BCUT2D eigenvalue weighted by atomic mass is 9.76. The van der Waals surface area contributed by atoms with Crippen LogP contribution in [0.4, 0.5) is 0 Å². The molecule has 2 aromatic carbocycles. The van der Waals surface area contributed by atoms with Crippen molar-refractivity contribution in [3.8, 4) is 34.5 Å². The van der Waals surface area contributed by atoms with Gasteiger partial charge < -0.3 is 69.6 Å². The Balaban J connectivity index is 1.64. The molecule has 0 radical (unpaired) electrons. The molecule has 2 bridgehead atoms. The minimum absolute atomic E-state index is 0.573. The molecule has 3 aliphatic rings. The van der Waals surface area contributed by atoms with Crippen molar-refractivity contribution in [3.63, 3.8) is 0 Å². The van der Waals surface area contributed by atoms with Crippen LogP contribution in [0.5, 0.6) is 34.5 Å². The number of aliphatic carboxylic acids is 1. The van der Waals surface area contributed by atoms with Crippen LogP contribution >= 0.6 is 0 Å². The number of aliphatic hydroxyl groups is 3. The van der Waals surface area contributed by atoms with Gasteiger partial charge in [-0.1, -0.05) is 0 Å². The summed E-state index contributed by atoms with van der Waals surface area (Å²) in [5.74, 6) is -17.6. The molecule has 3 heterocycles. The number of carboxylic acids is 1. The topological polar surface area (TPSA) is 314 Å². The number of benzene rings is 2. The molecule has 0 unspecified atom stereocenters. The highest BCUT2D eigenvalue weighted by Crippen LogP contribution is 2.51. The molecule has 3 aliphatic heterocycles. The fraction of sp³-hybridized carbons (Fsp3) is 0.370. The molecule has 1 fully saturated rings. The van der Waals surface area contributed by atoms with E-state index in [2.05, 4.69) is 0 Å². The van der Waals surface area contributed by atoms with Gasteiger partial charge in [-0.2, -0.15) is 0 Å². The van der Waals surface area contributed by atoms with Gasteiger partial charge in [0, 0.05) is 11.5 Å². The maximum Gasteiger partial charge on any atom is 0.341 e. The van der Waals surface area contributed by atoms with Crippen LogP contribution in [0.1, 0.15) is 38.6 Å². The third-order valence-electron chi connectivity index (χ3n) is 7.56. The first-order valence-electron chi connectivity index (χ1n) is 13.2. The number of hydrogen-bond acceptors (Lipinski definition) is 18. The summed E-state index contributed by atoms with van der Waals surface area (Å²) in [4.78, 5) is 64.4. The van der Waals surface area contributed by atoms with E-state index >= 15 is 0 Å². The highest BCUT2D eigenvalue weighted by Gasteiger charge is 2.55. The van der Waals surface area contributed by atoms with E-state index in [1.165, 1.54) is 0 Å². The van der Waals surface area contributed by atoms with E-state index in [9.17, 15) is 69.9 Å². The molecule has 1 saturated heterocycles. The van der Waals surface area contributed by atoms with Gasteiger partial charge in [0.15, 0.2) is 47.1 Å². The van der Waals surface area contributed by atoms with Gasteiger partial charge in [-0.05, 0) is 18.2 Å². The lowest BCUT2D eigenvalue weighted by Crippen LogP contribution is -2.62. The van der Waals surface area contributed by atoms with Crippen LogP contribution in [0.3, 0.4) is 0 Å². The molecule has 0 aromatic heterocycles. The largest absolute Gasteiger partial charge is 0.504 e. The van der Waals surface area contributed by atoms with Crippen LogP contribution in [0.15, 0.2) is 18.2 Å². The Labute approximate surface area is 254 Å². The Bertz CT molecular complexity index is 1610. The lowest BCUT2D eigenvalue weighted by Gasteiger charge is -2.42. The van der Waals surface area contributed by atoms with E-state index in [1.54, 1.807) is 0 Å². The van der Waals surface area contributed by atoms with Crippen LogP contribution in [-0.2, 0) is 33.3 Å². The van der Waals surface area contributed by atoms with Crippen LogP contribution in [0.25, 0.3) is 0 Å². The molecule has 0 aliphatic carbocycles. The normalized spacial score (nSPS) is 28.9. The van der Waals surface area contributed by atoms with Crippen molar-refractivity contribution < 1.29 is 93.6 Å². The molecular formula is C27H24O19. The highest BCUT2D eigenvalue weighted by molar-refractivity contribution is 5.97. The van der Waals surface area contributed by atoms with Crippen LogP contribution in [-0.4, -0.2) is 119 Å². The highest BCUT2D eigenvalue weighted by atomic mass is 16.7. The van der Waals surface area contributed by atoms with Gasteiger partial charge in [-0.3, -0.25) is 9.59 Å². The van der Waals surface area contributed by atoms with Gasteiger partial charge in [0.05, 0.1) is 30.1 Å². The number of phenols is 5. The van der Waals surface area contributed by atoms with Crippen molar-refractivity contribution in [1.29, 1.82) is 0 Å². The van der Waals surface area contributed by atoms with Crippen LogP contribution < -0.4 is 4.74 Å². The number of ether oxygens (including phenoxy) is 5. The minimum Gasteiger partial charge on any atom is -0.504 e. The molecule has 0 amide bonds. The van der Waals surface area contributed by atoms with E-state index in [-0.39, 0.29) is 0 Å². The second kappa shape index (κ2) is 11.9. The number of phenolic OH excluding ortho intramolecular Hbond substituents is 5. The predicted octanol–water partition coefficient (Wildman–Crippen LogP) is -1.95. The van der Waals surface area contributed by atoms with Gasteiger partial charge in [-0.15, -0.1) is 0 Å². The summed E-state index contributed by atoms with van der Waals surface area (Å²) < 4.78 is 26.2. The number of carbonyl (C=O) groups is 5. The average Bonchev–Trinajstić information content (AvgIpc) is 3.00. The Kier molecular flexibility index (Phi) is 8.26. The Morgan fingerprint density at radius 3 is 2.09 bits per heavy atom. The zero-order valence-corrected chi connectivity index (χ0v) is 22.9. The summed E-state index contributed by atoms with van der Waals surface area (Å²) in [6, 6.07) is 1.92. The SMILES string of the molecule is O=C(O)C[C@H]1C(=O)O[C@H]2[C@H](O)[C@@H](OC(=O)c3cc(O)c(O)c4c3[C@H]1[C@H](O)C(=O)O4)[C@H](OC(=O)c1cc(O)c(O)c(O)c1)O[C@@H]2CO. The zero-order valence-electron chi connectivity index (χ0n) is 22.9. The summed E-state index contributed by atoms with van der Waals surface area (Å²) in [5.41, 5.74) is -2.06. The van der Waals surface area contributed by atoms with Crippen LogP contribution in [0, 0.1) is 5.92 Å². The maximum absolute atomic E-state index is 13.6. The van der Waals surface area contributed by atoms with Gasteiger partial charge in [0.2, 0.25) is 12.0 Å². The van der Waals surface area contributed by atoms with Crippen molar-refractivity contribution in [2.45, 2.75) is 49.1 Å². The zero-order chi connectivity index (χ0) is 33.8. The van der Waals surface area contributed by atoms with Gasteiger partial charge >= 0.3 is 29.8 Å². The van der Waals surface area contributed by atoms with E-state index < -0.39 is 143 Å². The van der Waals surface area contributed by atoms with E-state index in [0.29, 0.717) is 18.2 Å². The molecule has 19 heteroatoms. The Morgan fingerprint density at radius 2 is 1.48 bits per heavy atom. The summed E-state index contributed by atoms with van der Waals surface area (Å²) >= 11 is 0. The average molecular weight is 652 g/mol. The number of rotatable bonds is 5. The molecule has 0 saturated carbocycles. The molecular weight excluding hydrogens is 628 g/mol. The predicted molar refractivity (Wildman–Crippen MR) is 138 cm³/mol. The van der Waals surface area contributed by atoms with Crippen molar-refractivity contribution in [3.05, 3.63) is 34.9 Å². The second-order valence-corrected chi connectivity index (χ2v) is 10.4. The summed E-state index contributed by atoms with van der Waals surface area (Å²) in [7, 11) is 0. The number of fused-ring (bicyclic) bond motifs is 2. The van der Waals surface area contributed by atoms with Gasteiger partial charge in [0.25, 0.3) is 0 Å². The van der Waals surface area contributed by atoms with E-state index in [4.69, 9.17) is 23.7 Å². The standard InChI is InChI=1S/C27H24O19/c28-5-12-20-19(37)22(27(42-12)46-23(38)6-1-9(29)16(34)10(30)2-6)45-24(39)7-3-11(31)17(35)21-15(7)14(18(36)26(41)44-21)8(4-13(32)33)25(40)43-20/h1-3,8,12,14,18-20,22,27-31,34-37H,4-5H2,(H,32,33)/t8-,12-,14+,18+,19+,20-,22-,27+/m1/s1. The minimum atomic E-state index is -2.35. The van der Waals surface area contributed by atoms with E-state index in [0.717, 1.165) is 0 Å². The number of hydrogen-bond donors (Lipinski definition) is 9. The third kappa shape index (κ3) is 5.40. The van der Waals surface area contributed by atoms with Crippen molar-refractivity contribution >= 4 is 29.8 Å². The molecule has 46 heavy (non-hydrogen) atoms. The number of carboxylic acid groups (broad SMARTS) is 1. The Hall–Kier alpha value is -5.37. The number of aliphatic hydroxyl groups excluding tert-OH is 3. The van der Waals surface area contributed by atoms with Crippen molar-refractivity contribution in [1.82, 2.24) is 0 Å². The smallest absolute Gasteiger partial charge is 0.341 e. The number of aromatic hydroxyl groups is 5. The summed E-state index contributed by atoms with van der Waals surface area (Å²) in [5, 5.41) is 91.4. The second-order valence-electron chi connectivity index (χ2n) is 10.4. The van der Waals surface area contributed by atoms with Gasteiger partial charge in [-0.25, -0.2) is 14.4 Å². The fourth-order valence-corrected chi connectivity index (χ4v) is 5.40. The first kappa shape index (κ1) is 32.0. The summed E-state index contributed by atoms with van der Waals surface area (Å²) in [6.45, 7) is -1.06.